The zero-order valence-corrected chi connectivity index (χ0v) is 62.9. The summed E-state index contributed by atoms with van der Waals surface area (Å²) in [6.07, 6.45) is 6.17. The van der Waals surface area contributed by atoms with Crippen molar-refractivity contribution >= 4 is 91.5 Å². The molecule has 9 aromatic carbocycles. The van der Waals surface area contributed by atoms with Gasteiger partial charge in [-0.2, -0.15) is 0 Å². The molecule has 0 aliphatic rings. The number of nitrogens with zero attached hydrogens (tertiary/aromatic N) is 3. The molecule has 0 saturated heterocycles. The third-order valence-electron chi connectivity index (χ3n) is 16.6. The minimum Gasteiger partial charge on any atom is -0.870 e. The molecule has 0 bridgehead atoms. The maximum atomic E-state index is 15.2. The van der Waals surface area contributed by atoms with Gasteiger partial charge in [0.25, 0.3) is 0 Å². The average Bonchev–Trinajstić information content (AvgIpc) is 1.55. The number of nitrogens with two attached hydrogens (primary N) is 3. The molecule has 0 spiro atoms. The van der Waals surface area contributed by atoms with Gasteiger partial charge in [0.2, 0.25) is 0 Å². The number of esters is 2. The number of rotatable bonds is 23. The molecular formula is C81H89BBrClF3N6NaO12. The van der Waals surface area contributed by atoms with Crippen LogP contribution in [0.4, 0.5) is 13.2 Å². The number of halogens is 5. The van der Waals surface area contributed by atoms with E-state index < -0.39 is 18.9 Å². The topological polar surface area (TPSA) is 281 Å². The second-order valence-electron chi connectivity index (χ2n) is 23.5. The summed E-state index contributed by atoms with van der Waals surface area (Å²) < 4.78 is 78.6. The Morgan fingerprint density at radius 1 is 0.453 bits per heavy atom. The summed E-state index contributed by atoms with van der Waals surface area (Å²) in [5.74, 6) is -0.872. The zero-order chi connectivity index (χ0) is 72.3. The second kappa shape index (κ2) is 42.8. The number of hydrogen-bond donors (Lipinski definition) is 6. The van der Waals surface area contributed by atoms with Crippen molar-refractivity contribution in [1.82, 2.24) is 13.7 Å². The molecule has 0 atom stereocenters. The summed E-state index contributed by atoms with van der Waals surface area (Å²) in [6.45, 7) is 5.54. The number of carboxylic acids is 1. The van der Waals surface area contributed by atoms with Gasteiger partial charge in [-0.3, -0.25) is 14.4 Å². The number of ether oxygens (including phenoxy) is 5. The van der Waals surface area contributed by atoms with Gasteiger partial charge in [-0.1, -0.05) is 140 Å². The molecule has 12 rings (SSSR count). The van der Waals surface area contributed by atoms with Crippen LogP contribution in [0.15, 0.2) is 205 Å². The molecule has 0 aliphatic carbocycles. The van der Waals surface area contributed by atoms with Gasteiger partial charge in [0.05, 0.1) is 32.5 Å². The molecule has 0 fully saturated rings. The standard InChI is InChI=1S/C27H27FN2O3.C25H23FN2O3.C20H20BrNO3.C7H9BFNO2.2CH4.ClH.Na.H2O/c1-3-32-26(31)15-19-7-4-5-10-25(19)33-17-18-13-23(21-11-12-30(2)24(21)14-18)22-9-6-8-20(16-29)27(22)28;1-28-10-9-19-21(20-7-4-6-18(14-27)25(20)26)11-16(12-22(19)28)15-31-23-8-3-2-5-17(23)13-24(29)30;1-3-24-20(23)12-15-6-4-5-7-19(15)25-13-14-10-17(21)16-8-9-22(2)18(16)11-14;9-7-5(4-10)2-1-3-6(7)8(11)12;;;;;/h4-14H,3,15-17,29H2,1-2H3;2-12H,13-15,27H2,1H3,(H,29,30);4-11H,3,12-13H2,1-2H3;1-3,11-12H,4,10H2;2*1H4;1H;;1H2/q;;;;;;;+1;/p-1. The fourth-order valence-corrected chi connectivity index (χ4v) is 12.2. The van der Waals surface area contributed by atoms with Crippen LogP contribution in [0, 0.1) is 17.5 Å². The third kappa shape index (κ3) is 22.7. The average molecular weight is 1540 g/mol. The zero-order valence-electron chi connectivity index (χ0n) is 58.5. The van der Waals surface area contributed by atoms with E-state index in [4.69, 9.17) is 56.0 Å². The first-order chi connectivity index (χ1) is 48.7. The van der Waals surface area contributed by atoms with Crippen LogP contribution in [0.25, 0.3) is 55.0 Å². The molecule has 0 radical (unpaired) electrons. The van der Waals surface area contributed by atoms with E-state index in [1.54, 1.807) is 68.4 Å². The first-order valence-electron chi connectivity index (χ1n) is 32.6. The number of carbonyl (C=O) groups excluding carboxylic acids is 2. The number of aliphatic carboxylic acids is 1. The Balaban J connectivity index is 0.000000307. The summed E-state index contributed by atoms with van der Waals surface area (Å²) in [4.78, 5) is 34.8. The van der Waals surface area contributed by atoms with E-state index in [1.807, 2.05) is 140 Å². The largest absolute Gasteiger partial charge is 1.00 e. The van der Waals surface area contributed by atoms with Crippen LogP contribution in [0.5, 0.6) is 17.2 Å². The molecule has 25 heteroatoms. The third-order valence-corrected chi connectivity index (χ3v) is 17.3. The fraction of sp³-hybridized carbons (Fsp3) is 0.222. The van der Waals surface area contributed by atoms with E-state index in [0.717, 1.165) is 70.7 Å². The minimum atomic E-state index is -1.78. The molecule has 3 aromatic heterocycles. The van der Waals surface area contributed by atoms with Gasteiger partial charge >= 0.3 is 54.6 Å². The van der Waals surface area contributed by atoms with Crippen LogP contribution in [0.3, 0.4) is 0 Å². The fourth-order valence-electron chi connectivity index (χ4n) is 11.5. The van der Waals surface area contributed by atoms with Crippen molar-refractivity contribution in [2.45, 2.75) is 87.4 Å². The van der Waals surface area contributed by atoms with Crippen LogP contribution in [0.2, 0.25) is 0 Å². The second-order valence-corrected chi connectivity index (χ2v) is 24.4. The van der Waals surface area contributed by atoms with E-state index in [-0.39, 0.29) is 149 Å². The molecule has 3 heterocycles. The Kier molecular flexibility index (Phi) is 36.0. The number of carbonyl (C=O) groups is 3. The smallest absolute Gasteiger partial charge is 0.870 e. The molecule has 0 aliphatic heterocycles. The number of fused-ring (bicyclic) bond motifs is 3. The molecule has 18 nitrogen and oxygen atoms in total. The van der Waals surface area contributed by atoms with Crippen LogP contribution in [0.1, 0.15) is 78.8 Å². The number of hydrogen-bond acceptors (Lipinski definition) is 14. The van der Waals surface area contributed by atoms with E-state index in [1.165, 1.54) is 23.6 Å². The van der Waals surface area contributed by atoms with E-state index in [9.17, 15) is 18.8 Å². The van der Waals surface area contributed by atoms with E-state index >= 15 is 8.78 Å². The summed E-state index contributed by atoms with van der Waals surface area (Å²) in [7, 11) is 4.13. The molecule has 0 unspecified atom stereocenters. The molecule has 554 valence electrons. The van der Waals surface area contributed by atoms with Gasteiger partial charge in [-0.05, 0) is 114 Å². The Morgan fingerprint density at radius 2 is 0.783 bits per heavy atom. The summed E-state index contributed by atoms with van der Waals surface area (Å²) in [6, 6.07) is 55.1. The van der Waals surface area contributed by atoms with Crippen molar-refractivity contribution in [3.05, 3.63) is 273 Å². The summed E-state index contributed by atoms with van der Waals surface area (Å²) >= 11 is 3.62. The predicted octanol–water partition coefficient (Wildman–Crippen LogP) is 11.9. The van der Waals surface area contributed by atoms with Gasteiger partial charge in [0.15, 0.2) is 0 Å². The van der Waals surface area contributed by atoms with Crippen molar-refractivity contribution < 1.29 is 101 Å². The maximum Gasteiger partial charge on any atom is 1.00 e. The summed E-state index contributed by atoms with van der Waals surface area (Å²) in [5, 5.41) is 29.6. The van der Waals surface area contributed by atoms with Crippen molar-refractivity contribution in [1.29, 1.82) is 0 Å². The maximum absolute atomic E-state index is 15.2. The van der Waals surface area contributed by atoms with Gasteiger partial charge in [0, 0.05) is 147 Å². The predicted molar refractivity (Wildman–Crippen MR) is 414 cm³/mol. The Bertz CT molecular complexity index is 4900. The number of aryl methyl sites for hydroxylation is 3. The van der Waals surface area contributed by atoms with Crippen molar-refractivity contribution in [2.24, 2.45) is 38.3 Å². The number of carboxylic acid groups (broad SMARTS) is 1. The molecule has 10 N–H and O–H groups in total. The van der Waals surface area contributed by atoms with Crippen LogP contribution < -0.4 is 66.4 Å². The monoisotopic (exact) mass is 1540 g/mol. The normalized spacial score (nSPS) is 10.4. The molecule has 12 aromatic rings. The van der Waals surface area contributed by atoms with Crippen molar-refractivity contribution in [3.8, 4) is 39.5 Å². The summed E-state index contributed by atoms with van der Waals surface area (Å²) in [5.41, 5.74) is 28.4. The van der Waals surface area contributed by atoms with Crippen molar-refractivity contribution in [2.75, 3.05) is 13.2 Å². The van der Waals surface area contributed by atoms with Gasteiger partial charge in [-0.25, -0.2) is 13.2 Å². The van der Waals surface area contributed by atoms with E-state index in [2.05, 4.69) is 38.7 Å². The van der Waals surface area contributed by atoms with Gasteiger partial charge in [0.1, 0.15) is 54.5 Å². The van der Waals surface area contributed by atoms with Crippen LogP contribution in [-0.4, -0.2) is 72.6 Å². The van der Waals surface area contributed by atoms with Gasteiger partial charge < -0.3 is 75.2 Å². The first-order valence-corrected chi connectivity index (χ1v) is 33.4. The molecular weight excluding hydrogens is 1460 g/mol. The first kappa shape index (κ1) is 89.2. The molecule has 106 heavy (non-hydrogen) atoms. The molecule has 0 saturated carbocycles. The number of benzene rings is 9. The van der Waals surface area contributed by atoms with Crippen molar-refractivity contribution in [3.63, 3.8) is 0 Å². The minimum absolute atomic E-state index is 0. The number of aromatic nitrogens is 3. The van der Waals surface area contributed by atoms with E-state index in [0.29, 0.717) is 64.9 Å². The quantitative estimate of drug-likeness (QED) is 0.0256. The Labute approximate surface area is 653 Å². The van der Waals surface area contributed by atoms with Crippen LogP contribution in [-0.2, 0) is 104 Å². The Morgan fingerprint density at radius 3 is 1.15 bits per heavy atom. The van der Waals surface area contributed by atoms with Gasteiger partial charge in [-0.15, -0.1) is 12.4 Å². The SMILES string of the molecule is C.C.CCOC(=O)Cc1ccccc1OCc1cc(-c2cccc(CN)c2F)c2ccn(C)c2c1.CCOC(=O)Cc1ccccc1OCc1cc(Br)c2ccn(C)c2c1.Cl.Cn1ccc2c(-c3cccc(CN)c3F)cc(COc3ccccc3CC(=O)O)cc21.NCc1cccc(B(O)O)c1F.[Na+].[OH-]. The molecule has 0 amide bonds. The Hall–Kier alpha value is -9.21. The van der Waals surface area contributed by atoms with Crippen LogP contribution >= 0.6 is 28.3 Å². The number of para-hydroxylation sites is 3.